The van der Waals surface area contributed by atoms with Crippen LogP contribution in [-0.2, 0) is 22.1 Å². The summed E-state index contributed by atoms with van der Waals surface area (Å²) in [6.45, 7) is 6.78. The minimum Gasteiger partial charge on any atom is -0.286 e. The van der Waals surface area contributed by atoms with Gasteiger partial charge in [0.1, 0.15) is 5.71 Å². The molecule has 0 spiro atoms. The number of aromatic nitrogens is 1. The van der Waals surface area contributed by atoms with Crippen LogP contribution in [0.25, 0.3) is 0 Å². The van der Waals surface area contributed by atoms with E-state index in [0.29, 0.717) is 13.0 Å². The van der Waals surface area contributed by atoms with Gasteiger partial charge < -0.3 is 0 Å². The van der Waals surface area contributed by atoms with Gasteiger partial charge in [-0.05, 0) is 37.9 Å². The molecule has 1 aliphatic rings. The molecule has 2 heterocycles. The van der Waals surface area contributed by atoms with E-state index < -0.39 is 10.1 Å². The molecule has 0 bridgehead atoms. The van der Waals surface area contributed by atoms with Gasteiger partial charge in [-0.25, -0.2) is 4.57 Å². The van der Waals surface area contributed by atoms with Gasteiger partial charge in [-0.1, -0.05) is 0 Å². The number of hydrogen-bond donors (Lipinski definition) is 1. The number of rotatable bonds is 4. The maximum atomic E-state index is 10.7. The largest absolute Gasteiger partial charge is 0.327 e. The lowest BCUT2D eigenvalue weighted by Gasteiger charge is -2.15. The molecular formula is C13H19N2O3S+. The van der Waals surface area contributed by atoms with Crippen molar-refractivity contribution in [2.75, 3.05) is 5.75 Å². The Balaban J connectivity index is 2.24. The third kappa shape index (κ3) is 2.84. The van der Waals surface area contributed by atoms with Crippen molar-refractivity contribution in [3.63, 3.8) is 0 Å². The van der Waals surface area contributed by atoms with Gasteiger partial charge >= 0.3 is 5.82 Å². The van der Waals surface area contributed by atoms with Gasteiger partial charge in [-0.15, -0.1) is 0 Å². The Morgan fingerprint density at radius 2 is 2.11 bits per heavy atom. The van der Waals surface area contributed by atoms with E-state index in [1.165, 1.54) is 0 Å². The maximum Gasteiger partial charge on any atom is 0.327 e. The number of fused-ring (bicyclic) bond motifs is 1. The summed E-state index contributed by atoms with van der Waals surface area (Å²) in [6.07, 6.45) is 2.26. The van der Waals surface area contributed by atoms with Crippen LogP contribution in [0.2, 0.25) is 0 Å². The Labute approximate surface area is 113 Å². The van der Waals surface area contributed by atoms with E-state index in [1.54, 1.807) is 0 Å². The molecule has 0 atom stereocenters. The molecule has 0 amide bonds. The van der Waals surface area contributed by atoms with Crippen LogP contribution in [0.4, 0.5) is 5.82 Å². The van der Waals surface area contributed by atoms with Gasteiger partial charge in [0.05, 0.1) is 29.5 Å². The number of nitrogens with zero attached hydrogens (tertiary/aromatic N) is 2. The quantitative estimate of drug-likeness (QED) is 0.674. The predicted octanol–water partition coefficient (Wildman–Crippen LogP) is 1.64. The van der Waals surface area contributed by atoms with Gasteiger partial charge in [0.25, 0.3) is 10.1 Å². The number of aliphatic imine (C=N–C) groups is 1. The third-order valence-electron chi connectivity index (χ3n) is 3.69. The predicted molar refractivity (Wildman–Crippen MR) is 73.5 cm³/mol. The summed E-state index contributed by atoms with van der Waals surface area (Å²) < 4.78 is 32.2. The van der Waals surface area contributed by atoms with Crippen molar-refractivity contribution in [1.29, 1.82) is 0 Å². The summed E-state index contributed by atoms with van der Waals surface area (Å²) in [5.74, 6) is 0.663. The zero-order valence-electron chi connectivity index (χ0n) is 11.4. The third-order valence-corrected chi connectivity index (χ3v) is 4.50. The van der Waals surface area contributed by atoms with Crippen molar-refractivity contribution < 1.29 is 17.5 Å². The van der Waals surface area contributed by atoms with Crippen molar-refractivity contribution in [3.05, 3.63) is 23.9 Å². The minimum absolute atomic E-state index is 0.0819. The molecule has 0 aromatic carbocycles. The van der Waals surface area contributed by atoms with Crippen molar-refractivity contribution in [1.82, 2.24) is 0 Å². The van der Waals surface area contributed by atoms with Crippen LogP contribution >= 0.6 is 0 Å². The van der Waals surface area contributed by atoms with Crippen LogP contribution in [-0.4, -0.2) is 24.4 Å². The smallest absolute Gasteiger partial charge is 0.286 e. The first-order valence-corrected chi connectivity index (χ1v) is 7.86. The van der Waals surface area contributed by atoms with E-state index >= 15 is 0 Å². The van der Waals surface area contributed by atoms with E-state index in [-0.39, 0.29) is 11.2 Å². The minimum atomic E-state index is -3.89. The maximum absolute atomic E-state index is 10.7. The average molecular weight is 283 g/mol. The molecule has 0 fully saturated rings. The summed E-state index contributed by atoms with van der Waals surface area (Å²) in [5.41, 5.74) is 2.12. The second-order valence-electron chi connectivity index (χ2n) is 5.40. The van der Waals surface area contributed by atoms with Crippen molar-refractivity contribution in [3.8, 4) is 0 Å². The molecule has 1 N–H and O–H groups in total. The molecular weight excluding hydrogens is 264 g/mol. The fourth-order valence-corrected chi connectivity index (χ4v) is 2.74. The van der Waals surface area contributed by atoms with E-state index in [9.17, 15) is 8.42 Å². The molecule has 1 aliphatic heterocycles. The molecule has 0 unspecified atom stereocenters. The molecule has 1 aromatic rings. The summed E-state index contributed by atoms with van der Waals surface area (Å²) in [6, 6.07) is 4.00. The normalized spacial score (nSPS) is 17.2. The lowest BCUT2D eigenvalue weighted by molar-refractivity contribution is -0.684. The Bertz CT molecular complexity index is 633. The summed E-state index contributed by atoms with van der Waals surface area (Å²) in [7, 11) is -3.89. The molecule has 0 saturated heterocycles. The molecule has 0 radical (unpaired) electrons. The van der Waals surface area contributed by atoms with E-state index in [2.05, 4.69) is 24.9 Å². The van der Waals surface area contributed by atoms with Crippen LogP contribution < -0.4 is 4.57 Å². The van der Waals surface area contributed by atoms with Gasteiger partial charge in [0.2, 0.25) is 0 Å². The fraction of sp³-hybridized carbons (Fsp3) is 0.538. The topological polar surface area (TPSA) is 70.6 Å². The molecule has 2 rings (SSSR count). The SMILES string of the molecule is CC1=Nc2c(ccc[n+]2CCCS(=O)(=O)O)C1(C)C. The number of aryl methyl sites for hydroxylation is 1. The first kappa shape index (κ1) is 14.1. The molecule has 0 aliphatic carbocycles. The highest BCUT2D eigenvalue weighted by atomic mass is 32.2. The Kier molecular flexibility index (Phi) is 3.49. The summed E-state index contributed by atoms with van der Waals surface area (Å²) in [4.78, 5) is 4.59. The Morgan fingerprint density at radius 3 is 2.74 bits per heavy atom. The summed E-state index contributed by atoms with van der Waals surface area (Å²) >= 11 is 0. The number of pyridine rings is 1. The van der Waals surface area contributed by atoms with E-state index in [1.807, 2.05) is 23.8 Å². The second kappa shape index (κ2) is 4.68. The summed E-state index contributed by atoms with van der Waals surface area (Å²) in [5, 5.41) is 0. The van der Waals surface area contributed by atoms with Crippen LogP contribution in [0.15, 0.2) is 23.3 Å². The molecule has 19 heavy (non-hydrogen) atoms. The standard InChI is InChI=1S/C13H18N2O3S/c1-10-13(2,3)11-6-4-7-15(12(11)14-10)8-5-9-19(16,17)18/h4,6-7H,5,8-9H2,1-3H3/p+1. The van der Waals surface area contributed by atoms with Gasteiger partial charge in [0.15, 0.2) is 0 Å². The molecule has 6 heteroatoms. The fourth-order valence-electron chi connectivity index (χ4n) is 2.25. The van der Waals surface area contributed by atoms with E-state index in [0.717, 1.165) is 17.1 Å². The van der Waals surface area contributed by atoms with Crippen LogP contribution in [0.5, 0.6) is 0 Å². The van der Waals surface area contributed by atoms with Gasteiger partial charge in [-0.2, -0.15) is 8.42 Å². The van der Waals surface area contributed by atoms with Crippen molar-refractivity contribution >= 4 is 21.6 Å². The molecule has 0 saturated carbocycles. The zero-order valence-corrected chi connectivity index (χ0v) is 12.2. The average Bonchev–Trinajstić information content (AvgIpc) is 2.50. The monoisotopic (exact) mass is 283 g/mol. The second-order valence-corrected chi connectivity index (χ2v) is 6.97. The first-order chi connectivity index (χ1) is 8.72. The molecule has 1 aromatic heterocycles. The van der Waals surface area contributed by atoms with E-state index in [4.69, 9.17) is 4.55 Å². The lowest BCUT2D eigenvalue weighted by Crippen LogP contribution is -2.35. The lowest BCUT2D eigenvalue weighted by atomic mass is 9.83. The van der Waals surface area contributed by atoms with Crippen molar-refractivity contribution in [2.45, 2.75) is 39.2 Å². The Hall–Kier alpha value is -1.27. The highest BCUT2D eigenvalue weighted by Crippen LogP contribution is 2.37. The molecule has 104 valence electrons. The highest BCUT2D eigenvalue weighted by Gasteiger charge is 2.40. The zero-order chi connectivity index (χ0) is 14.3. The van der Waals surface area contributed by atoms with Gasteiger partial charge in [-0.3, -0.25) is 4.55 Å². The first-order valence-electron chi connectivity index (χ1n) is 6.26. The van der Waals surface area contributed by atoms with Crippen LogP contribution in [0.1, 0.15) is 32.8 Å². The Morgan fingerprint density at radius 1 is 1.42 bits per heavy atom. The van der Waals surface area contributed by atoms with Crippen molar-refractivity contribution in [2.24, 2.45) is 4.99 Å². The van der Waals surface area contributed by atoms with Crippen LogP contribution in [0.3, 0.4) is 0 Å². The van der Waals surface area contributed by atoms with Gasteiger partial charge in [0, 0.05) is 6.42 Å². The number of hydrogen-bond acceptors (Lipinski definition) is 3. The molecule has 5 nitrogen and oxygen atoms in total. The van der Waals surface area contributed by atoms with Crippen LogP contribution in [0, 0.1) is 0 Å². The highest BCUT2D eigenvalue weighted by molar-refractivity contribution is 7.85.